The summed E-state index contributed by atoms with van der Waals surface area (Å²) in [6.45, 7) is 1.64. The average Bonchev–Trinajstić information content (AvgIpc) is 1.91. The van der Waals surface area contributed by atoms with E-state index in [9.17, 15) is 8.42 Å². The molecule has 1 aliphatic heterocycles. The van der Waals surface area contributed by atoms with Crippen LogP contribution >= 0.6 is 0 Å². The first-order valence-electron chi connectivity index (χ1n) is 4.15. The number of hydrazine groups is 1. The van der Waals surface area contributed by atoms with E-state index in [0.717, 1.165) is 25.9 Å². The third-order valence-corrected chi connectivity index (χ3v) is 3.26. The summed E-state index contributed by atoms with van der Waals surface area (Å²) in [6, 6.07) is 0. The fourth-order valence-electron chi connectivity index (χ4n) is 1.55. The van der Waals surface area contributed by atoms with Crippen LogP contribution in [-0.2, 0) is 9.84 Å². The van der Waals surface area contributed by atoms with Crippen LogP contribution in [0.5, 0.6) is 0 Å². The zero-order chi connectivity index (χ0) is 9.19. The Hall–Kier alpha value is -0.130. The van der Waals surface area contributed by atoms with Gasteiger partial charge in [-0.3, -0.25) is 5.84 Å². The van der Waals surface area contributed by atoms with Crippen LogP contribution in [0.2, 0.25) is 0 Å². The maximum atomic E-state index is 10.9. The van der Waals surface area contributed by atoms with Gasteiger partial charge >= 0.3 is 0 Å². The molecular weight excluding hydrogens is 176 g/mol. The molecule has 1 rings (SSSR count). The van der Waals surface area contributed by atoms with E-state index >= 15 is 0 Å². The quantitative estimate of drug-likeness (QED) is 0.606. The smallest absolute Gasteiger partial charge is 0.147 e. The molecule has 72 valence electrons. The molecule has 0 aliphatic carbocycles. The molecule has 1 fully saturated rings. The molecule has 0 aromatic rings. The number of hydrogen-bond donors (Lipinski definition) is 1. The molecule has 1 aliphatic rings. The number of rotatable bonds is 2. The van der Waals surface area contributed by atoms with Gasteiger partial charge in [0.05, 0.1) is 5.75 Å². The highest BCUT2D eigenvalue weighted by Crippen LogP contribution is 2.16. The molecule has 5 heteroatoms. The van der Waals surface area contributed by atoms with E-state index in [0.29, 0.717) is 11.7 Å². The minimum absolute atomic E-state index is 0.319. The Morgan fingerprint density at radius 2 is 1.92 bits per heavy atom. The summed E-state index contributed by atoms with van der Waals surface area (Å²) in [4.78, 5) is 0. The molecule has 0 spiro atoms. The first-order valence-corrected chi connectivity index (χ1v) is 6.21. The first kappa shape index (κ1) is 9.95. The number of sulfone groups is 1. The Kier molecular flexibility index (Phi) is 3.09. The Bertz CT molecular complexity index is 230. The molecule has 0 amide bonds. The van der Waals surface area contributed by atoms with Gasteiger partial charge in [0, 0.05) is 19.3 Å². The zero-order valence-electron chi connectivity index (χ0n) is 7.36. The molecule has 0 atom stereocenters. The van der Waals surface area contributed by atoms with Crippen LogP contribution in [-0.4, -0.2) is 38.5 Å². The van der Waals surface area contributed by atoms with E-state index < -0.39 is 9.84 Å². The van der Waals surface area contributed by atoms with Crippen molar-refractivity contribution in [3.05, 3.63) is 0 Å². The highest BCUT2D eigenvalue weighted by Gasteiger charge is 2.20. The minimum Gasteiger partial charge on any atom is -0.269 e. The molecule has 1 saturated heterocycles. The third-order valence-electron chi connectivity index (χ3n) is 2.19. The summed E-state index contributed by atoms with van der Waals surface area (Å²) >= 11 is 0. The average molecular weight is 192 g/mol. The minimum atomic E-state index is -2.80. The van der Waals surface area contributed by atoms with Crippen molar-refractivity contribution in [3.8, 4) is 0 Å². The summed E-state index contributed by atoms with van der Waals surface area (Å²) in [5, 5.41) is 1.75. The molecule has 2 N–H and O–H groups in total. The molecule has 0 aromatic heterocycles. The zero-order valence-corrected chi connectivity index (χ0v) is 8.18. The maximum absolute atomic E-state index is 10.9. The Labute approximate surface area is 73.6 Å². The number of nitrogens with zero attached hydrogens (tertiary/aromatic N) is 1. The molecule has 0 radical (unpaired) electrons. The van der Waals surface area contributed by atoms with Crippen LogP contribution in [0.15, 0.2) is 0 Å². The van der Waals surface area contributed by atoms with Gasteiger partial charge in [-0.05, 0) is 18.8 Å². The molecule has 12 heavy (non-hydrogen) atoms. The molecule has 4 nitrogen and oxygen atoms in total. The van der Waals surface area contributed by atoms with Crippen molar-refractivity contribution < 1.29 is 8.42 Å². The van der Waals surface area contributed by atoms with Crippen molar-refractivity contribution in [1.29, 1.82) is 0 Å². The fourth-order valence-corrected chi connectivity index (χ4v) is 2.74. The predicted octanol–water partition coefficient (Wildman–Crippen LogP) is -0.383. The van der Waals surface area contributed by atoms with E-state index in [1.54, 1.807) is 5.01 Å². The van der Waals surface area contributed by atoms with Crippen LogP contribution in [0.4, 0.5) is 0 Å². The molecule has 0 bridgehead atoms. The second-order valence-corrected chi connectivity index (χ2v) is 5.76. The predicted molar refractivity (Wildman–Crippen MR) is 48.2 cm³/mol. The van der Waals surface area contributed by atoms with Crippen LogP contribution in [0.25, 0.3) is 0 Å². The molecule has 0 saturated carbocycles. The van der Waals surface area contributed by atoms with Gasteiger partial charge in [-0.15, -0.1) is 0 Å². The van der Waals surface area contributed by atoms with Gasteiger partial charge in [0.2, 0.25) is 0 Å². The standard InChI is InChI=1S/C7H16N2O2S/c1-12(10,11)6-7-2-4-9(8)5-3-7/h7H,2-6,8H2,1H3. The van der Waals surface area contributed by atoms with Crippen LogP contribution in [0.1, 0.15) is 12.8 Å². The highest BCUT2D eigenvalue weighted by atomic mass is 32.2. The topological polar surface area (TPSA) is 63.4 Å². The second kappa shape index (κ2) is 3.72. The summed E-state index contributed by atoms with van der Waals surface area (Å²) < 4.78 is 21.9. The lowest BCUT2D eigenvalue weighted by Gasteiger charge is -2.27. The van der Waals surface area contributed by atoms with Crippen molar-refractivity contribution in [2.75, 3.05) is 25.1 Å². The van der Waals surface area contributed by atoms with Crippen LogP contribution in [0.3, 0.4) is 0 Å². The van der Waals surface area contributed by atoms with Crippen molar-refractivity contribution in [1.82, 2.24) is 5.01 Å². The summed E-state index contributed by atoms with van der Waals surface area (Å²) in [5.74, 6) is 6.18. The summed E-state index contributed by atoms with van der Waals surface area (Å²) in [7, 11) is -2.80. The molecule has 1 heterocycles. The number of hydrogen-bond acceptors (Lipinski definition) is 4. The maximum Gasteiger partial charge on any atom is 0.147 e. The third kappa shape index (κ3) is 3.51. The van der Waals surface area contributed by atoms with Gasteiger partial charge < -0.3 is 0 Å². The van der Waals surface area contributed by atoms with Gasteiger partial charge in [0.1, 0.15) is 9.84 Å². The SMILES string of the molecule is CS(=O)(=O)CC1CCN(N)CC1. The Morgan fingerprint density at radius 1 is 1.42 bits per heavy atom. The highest BCUT2D eigenvalue weighted by molar-refractivity contribution is 7.90. The van der Waals surface area contributed by atoms with E-state index in [1.807, 2.05) is 0 Å². The number of piperidine rings is 1. The normalized spacial score (nSPS) is 22.8. The van der Waals surface area contributed by atoms with Gasteiger partial charge in [-0.1, -0.05) is 0 Å². The Balaban J connectivity index is 2.36. The number of nitrogens with two attached hydrogens (primary N) is 1. The molecule has 0 unspecified atom stereocenters. The van der Waals surface area contributed by atoms with Crippen molar-refractivity contribution in [3.63, 3.8) is 0 Å². The van der Waals surface area contributed by atoms with Gasteiger partial charge in [0.15, 0.2) is 0 Å². The van der Waals surface area contributed by atoms with E-state index in [4.69, 9.17) is 5.84 Å². The largest absolute Gasteiger partial charge is 0.269 e. The van der Waals surface area contributed by atoms with E-state index in [1.165, 1.54) is 6.26 Å². The monoisotopic (exact) mass is 192 g/mol. The Morgan fingerprint density at radius 3 is 2.33 bits per heavy atom. The van der Waals surface area contributed by atoms with Gasteiger partial charge in [-0.25, -0.2) is 13.4 Å². The van der Waals surface area contributed by atoms with Gasteiger partial charge in [0.25, 0.3) is 0 Å². The second-order valence-electron chi connectivity index (χ2n) is 3.57. The lowest BCUT2D eigenvalue weighted by atomic mass is 10.0. The van der Waals surface area contributed by atoms with Crippen molar-refractivity contribution in [2.45, 2.75) is 12.8 Å². The van der Waals surface area contributed by atoms with Crippen LogP contribution < -0.4 is 5.84 Å². The van der Waals surface area contributed by atoms with E-state index in [2.05, 4.69) is 0 Å². The molecule has 0 aromatic carbocycles. The van der Waals surface area contributed by atoms with Crippen LogP contribution in [0, 0.1) is 5.92 Å². The fraction of sp³-hybridized carbons (Fsp3) is 1.00. The molecular formula is C7H16N2O2S. The summed E-state index contributed by atoms with van der Waals surface area (Å²) in [6.07, 6.45) is 3.11. The lowest BCUT2D eigenvalue weighted by molar-refractivity contribution is 0.197. The van der Waals surface area contributed by atoms with Crippen molar-refractivity contribution >= 4 is 9.84 Å². The van der Waals surface area contributed by atoms with Gasteiger partial charge in [-0.2, -0.15) is 0 Å². The lowest BCUT2D eigenvalue weighted by Crippen LogP contribution is -2.40. The van der Waals surface area contributed by atoms with E-state index in [-0.39, 0.29) is 0 Å². The first-order chi connectivity index (χ1) is 5.47. The van der Waals surface area contributed by atoms with Crippen molar-refractivity contribution in [2.24, 2.45) is 11.8 Å². The summed E-state index contributed by atoms with van der Waals surface area (Å²) in [5.41, 5.74) is 0.